The van der Waals surface area contributed by atoms with Crippen LogP contribution in [0.5, 0.6) is 0 Å². The van der Waals surface area contributed by atoms with E-state index in [1.807, 2.05) is 18.7 Å². The van der Waals surface area contributed by atoms with Gasteiger partial charge in [0.25, 0.3) is 0 Å². The zero-order valence-corrected chi connectivity index (χ0v) is 14.7. The van der Waals surface area contributed by atoms with Crippen LogP contribution in [0.1, 0.15) is 39.5 Å². The summed E-state index contributed by atoms with van der Waals surface area (Å²) in [4.78, 5) is 11.4. The van der Waals surface area contributed by atoms with Crippen molar-refractivity contribution in [2.75, 3.05) is 32.7 Å². The van der Waals surface area contributed by atoms with Gasteiger partial charge in [0.1, 0.15) is 0 Å². The lowest BCUT2D eigenvalue weighted by Gasteiger charge is -2.34. The Morgan fingerprint density at radius 3 is 2.91 bits per heavy atom. The van der Waals surface area contributed by atoms with Crippen LogP contribution < -0.4 is 10.6 Å². The molecule has 0 saturated carbocycles. The van der Waals surface area contributed by atoms with Crippen LogP contribution in [0.3, 0.4) is 0 Å². The quantitative estimate of drug-likeness (QED) is 0.565. The molecule has 1 aliphatic rings. The molecule has 2 N–H and O–H groups in total. The van der Waals surface area contributed by atoms with Gasteiger partial charge in [0.15, 0.2) is 5.96 Å². The van der Waals surface area contributed by atoms with Gasteiger partial charge in [-0.15, -0.1) is 0 Å². The Kier molecular flexibility index (Phi) is 7.93. The number of likely N-dealkylation sites (tertiary alicyclic amines) is 1. The van der Waals surface area contributed by atoms with E-state index >= 15 is 0 Å². The Morgan fingerprint density at radius 1 is 1.26 bits per heavy atom. The number of nitrogens with zero attached hydrogens (tertiary/aromatic N) is 4. The summed E-state index contributed by atoms with van der Waals surface area (Å²) in [7, 11) is 0. The lowest BCUT2D eigenvalue weighted by Crippen LogP contribution is -2.42. The molecule has 0 amide bonds. The second kappa shape index (κ2) is 10.3. The van der Waals surface area contributed by atoms with Crippen LogP contribution in [-0.4, -0.2) is 59.2 Å². The second-order valence-electron chi connectivity index (χ2n) is 6.08. The first-order valence-electron chi connectivity index (χ1n) is 9.05. The first kappa shape index (κ1) is 17.8. The van der Waals surface area contributed by atoms with Crippen LogP contribution in [0.4, 0.5) is 0 Å². The van der Waals surface area contributed by atoms with Crippen LogP contribution >= 0.6 is 0 Å². The molecule has 1 saturated heterocycles. The molecule has 1 atom stereocenters. The molecule has 6 nitrogen and oxygen atoms in total. The number of nitrogens with one attached hydrogen (secondary N) is 2. The number of piperidine rings is 1. The van der Waals surface area contributed by atoms with E-state index in [-0.39, 0.29) is 0 Å². The van der Waals surface area contributed by atoms with E-state index < -0.39 is 0 Å². The molecule has 0 aromatic carbocycles. The molecule has 0 bridgehead atoms. The van der Waals surface area contributed by atoms with Gasteiger partial charge in [-0.1, -0.05) is 13.3 Å². The molecular formula is C17H32N6. The van der Waals surface area contributed by atoms with Gasteiger partial charge in [-0.05, 0) is 32.7 Å². The van der Waals surface area contributed by atoms with Crippen LogP contribution in [0, 0.1) is 0 Å². The van der Waals surface area contributed by atoms with Crippen LogP contribution in [0.25, 0.3) is 0 Å². The fourth-order valence-electron chi connectivity index (χ4n) is 3.17. The first-order chi connectivity index (χ1) is 11.3. The third kappa shape index (κ3) is 6.22. The fraction of sp³-hybridized carbons (Fsp3) is 0.765. The molecule has 2 heterocycles. The monoisotopic (exact) mass is 320 g/mol. The molecule has 1 aliphatic heterocycles. The number of imidazole rings is 1. The van der Waals surface area contributed by atoms with Gasteiger partial charge in [-0.25, -0.2) is 4.98 Å². The average molecular weight is 320 g/mol. The lowest BCUT2D eigenvalue weighted by atomic mass is 10.0. The zero-order valence-electron chi connectivity index (χ0n) is 14.7. The largest absolute Gasteiger partial charge is 0.357 e. The molecule has 0 aliphatic carbocycles. The fourth-order valence-corrected chi connectivity index (χ4v) is 3.17. The third-order valence-corrected chi connectivity index (χ3v) is 4.44. The SMILES string of the molecule is CCNC(=NCCN1CCCCC1CC)NCCn1ccnc1. The molecule has 130 valence electrons. The highest BCUT2D eigenvalue weighted by Crippen LogP contribution is 2.18. The van der Waals surface area contributed by atoms with Gasteiger partial charge in [-0.2, -0.15) is 0 Å². The topological polar surface area (TPSA) is 57.5 Å². The molecule has 0 radical (unpaired) electrons. The summed E-state index contributed by atoms with van der Waals surface area (Å²) in [5.74, 6) is 0.915. The third-order valence-electron chi connectivity index (χ3n) is 4.44. The first-order valence-corrected chi connectivity index (χ1v) is 9.05. The predicted molar refractivity (Wildman–Crippen MR) is 95.7 cm³/mol. The predicted octanol–water partition coefficient (Wildman–Crippen LogP) is 1.70. The molecule has 6 heteroatoms. The molecule has 23 heavy (non-hydrogen) atoms. The standard InChI is InChI=1S/C17H32N6/c1-3-16-7-5-6-11-23(16)14-10-21-17(19-4-2)20-9-13-22-12-8-18-15-22/h8,12,15-16H,3-7,9-11,13-14H2,1-2H3,(H2,19,20,21). The number of rotatable bonds is 8. The van der Waals surface area contributed by atoms with Crippen molar-refractivity contribution in [3.63, 3.8) is 0 Å². The molecule has 1 aromatic rings. The Morgan fingerprint density at radius 2 is 2.17 bits per heavy atom. The highest BCUT2D eigenvalue weighted by Gasteiger charge is 2.19. The highest BCUT2D eigenvalue weighted by atomic mass is 15.2. The van der Waals surface area contributed by atoms with Crippen molar-refractivity contribution in [3.8, 4) is 0 Å². The summed E-state index contributed by atoms with van der Waals surface area (Å²) < 4.78 is 2.07. The summed E-state index contributed by atoms with van der Waals surface area (Å²) in [6.45, 7) is 10.2. The van der Waals surface area contributed by atoms with E-state index in [1.54, 1.807) is 0 Å². The summed E-state index contributed by atoms with van der Waals surface area (Å²) in [5, 5.41) is 6.71. The molecule has 1 aromatic heterocycles. The summed E-state index contributed by atoms with van der Waals surface area (Å²) >= 11 is 0. The van der Waals surface area contributed by atoms with Crippen LogP contribution in [-0.2, 0) is 6.54 Å². The van der Waals surface area contributed by atoms with Gasteiger partial charge in [0.05, 0.1) is 12.9 Å². The van der Waals surface area contributed by atoms with Crippen LogP contribution in [0.2, 0.25) is 0 Å². The number of aliphatic imine (C=N–C) groups is 1. The maximum Gasteiger partial charge on any atom is 0.191 e. The maximum atomic E-state index is 4.72. The minimum absolute atomic E-state index is 0.760. The van der Waals surface area contributed by atoms with Crippen molar-refractivity contribution in [1.29, 1.82) is 0 Å². The normalized spacial score (nSPS) is 19.7. The minimum atomic E-state index is 0.760. The summed E-state index contributed by atoms with van der Waals surface area (Å²) in [6.07, 6.45) is 11.0. The zero-order chi connectivity index (χ0) is 16.3. The minimum Gasteiger partial charge on any atom is -0.357 e. The molecule has 1 unspecified atom stereocenters. The van der Waals surface area contributed by atoms with Crippen molar-refractivity contribution in [1.82, 2.24) is 25.1 Å². The Balaban J connectivity index is 1.73. The number of hydrogen-bond acceptors (Lipinski definition) is 3. The van der Waals surface area contributed by atoms with Gasteiger partial charge in [0.2, 0.25) is 0 Å². The van der Waals surface area contributed by atoms with Gasteiger partial charge in [-0.3, -0.25) is 9.89 Å². The van der Waals surface area contributed by atoms with Crippen molar-refractivity contribution >= 4 is 5.96 Å². The molecule has 2 rings (SSSR count). The Labute approximate surface area is 140 Å². The molecule has 1 fully saturated rings. The lowest BCUT2D eigenvalue weighted by molar-refractivity contribution is 0.148. The van der Waals surface area contributed by atoms with E-state index in [0.29, 0.717) is 0 Å². The Hall–Kier alpha value is -1.56. The highest BCUT2D eigenvalue weighted by molar-refractivity contribution is 5.79. The van der Waals surface area contributed by atoms with Crippen molar-refractivity contribution in [2.24, 2.45) is 4.99 Å². The van der Waals surface area contributed by atoms with Gasteiger partial charge >= 0.3 is 0 Å². The van der Waals surface area contributed by atoms with E-state index in [9.17, 15) is 0 Å². The average Bonchev–Trinajstić information content (AvgIpc) is 3.08. The van der Waals surface area contributed by atoms with E-state index in [4.69, 9.17) is 4.99 Å². The van der Waals surface area contributed by atoms with Gasteiger partial charge in [0, 0.05) is 44.6 Å². The van der Waals surface area contributed by atoms with Crippen molar-refractivity contribution in [3.05, 3.63) is 18.7 Å². The van der Waals surface area contributed by atoms with E-state index in [0.717, 1.165) is 44.7 Å². The number of guanidine groups is 1. The number of aromatic nitrogens is 2. The van der Waals surface area contributed by atoms with Gasteiger partial charge < -0.3 is 15.2 Å². The van der Waals surface area contributed by atoms with E-state index in [2.05, 4.69) is 38.9 Å². The van der Waals surface area contributed by atoms with Crippen molar-refractivity contribution in [2.45, 2.75) is 52.1 Å². The van der Waals surface area contributed by atoms with E-state index in [1.165, 1.54) is 32.2 Å². The molecular weight excluding hydrogens is 288 g/mol. The smallest absolute Gasteiger partial charge is 0.191 e. The maximum absolute atomic E-state index is 4.72. The molecule has 0 spiro atoms. The second-order valence-corrected chi connectivity index (χ2v) is 6.08. The summed E-state index contributed by atoms with van der Waals surface area (Å²) in [5.41, 5.74) is 0. The summed E-state index contributed by atoms with van der Waals surface area (Å²) in [6, 6.07) is 0.760. The van der Waals surface area contributed by atoms with Crippen LogP contribution in [0.15, 0.2) is 23.7 Å². The van der Waals surface area contributed by atoms with Crippen molar-refractivity contribution < 1.29 is 0 Å². The number of hydrogen-bond donors (Lipinski definition) is 2. The Bertz CT molecular complexity index is 442.